The van der Waals surface area contributed by atoms with Crippen LogP contribution in [0.2, 0.25) is 0 Å². The topological polar surface area (TPSA) is 42.0 Å². The first-order chi connectivity index (χ1) is 13.3. The molecule has 0 fully saturated rings. The predicted molar refractivity (Wildman–Crippen MR) is 97.0 cm³/mol. The van der Waals surface area contributed by atoms with Crippen LogP contribution < -0.4 is 5.32 Å². The Labute approximate surface area is 159 Å². The van der Waals surface area contributed by atoms with Crippen molar-refractivity contribution in [1.29, 1.82) is 0 Å². The van der Waals surface area contributed by atoms with E-state index in [1.807, 2.05) is 0 Å². The van der Waals surface area contributed by atoms with Crippen molar-refractivity contribution in [1.82, 2.24) is 10.3 Å². The van der Waals surface area contributed by atoms with Crippen molar-refractivity contribution in [3.63, 3.8) is 0 Å². The zero-order chi connectivity index (χ0) is 20.3. The van der Waals surface area contributed by atoms with Crippen LogP contribution >= 0.6 is 0 Å². The lowest BCUT2D eigenvalue weighted by Gasteiger charge is -2.16. The van der Waals surface area contributed by atoms with Crippen molar-refractivity contribution < 1.29 is 22.4 Å². The van der Waals surface area contributed by atoms with Gasteiger partial charge in [0.15, 0.2) is 0 Å². The summed E-state index contributed by atoms with van der Waals surface area (Å²) in [6, 6.07) is 11.4. The monoisotopic (exact) mass is 388 g/mol. The summed E-state index contributed by atoms with van der Waals surface area (Å²) in [7, 11) is 0. The Hall–Kier alpha value is -3.22. The molecule has 0 unspecified atom stereocenters. The van der Waals surface area contributed by atoms with Crippen LogP contribution in [0, 0.1) is 5.82 Å². The molecule has 0 saturated carbocycles. The van der Waals surface area contributed by atoms with Crippen molar-refractivity contribution in [2.24, 2.45) is 0 Å². The Bertz CT molecular complexity index is 970. The van der Waals surface area contributed by atoms with Crippen molar-refractivity contribution in [2.45, 2.75) is 19.1 Å². The molecule has 3 aromatic rings. The number of aromatic nitrogens is 1. The van der Waals surface area contributed by atoms with Gasteiger partial charge in [0, 0.05) is 23.5 Å². The lowest BCUT2D eigenvalue weighted by Crippen LogP contribution is -2.26. The maximum absolute atomic E-state index is 14.4. The summed E-state index contributed by atoms with van der Waals surface area (Å²) in [5.41, 5.74) is 0.847. The van der Waals surface area contributed by atoms with Gasteiger partial charge in [0.05, 0.1) is 11.6 Å². The van der Waals surface area contributed by atoms with Crippen LogP contribution in [0.15, 0.2) is 67.0 Å². The van der Waals surface area contributed by atoms with E-state index in [9.17, 15) is 22.4 Å². The molecular weight excluding hydrogens is 372 g/mol. The maximum atomic E-state index is 14.4. The summed E-state index contributed by atoms with van der Waals surface area (Å²) in [6.07, 6.45) is -1.33. The molecule has 28 heavy (non-hydrogen) atoms. The molecule has 3 rings (SSSR count). The van der Waals surface area contributed by atoms with Crippen molar-refractivity contribution >= 4 is 5.91 Å². The summed E-state index contributed by atoms with van der Waals surface area (Å²) >= 11 is 0. The van der Waals surface area contributed by atoms with Crippen LogP contribution in [0.1, 0.15) is 34.5 Å². The van der Waals surface area contributed by atoms with E-state index in [4.69, 9.17) is 0 Å². The molecule has 1 heterocycles. The second-order valence-electron chi connectivity index (χ2n) is 6.25. The molecule has 0 aliphatic heterocycles. The standard InChI is InChI=1S/C21H16F4N2O/c1-13(14-2-5-17(6-3-14)21(23,24)25)27-20(28)16-4-7-18(19(22)12-16)15-8-10-26-11-9-15/h2-13H,1H3,(H,27,28)/t13-/m0/s1. The summed E-state index contributed by atoms with van der Waals surface area (Å²) < 4.78 is 52.3. The second kappa shape index (κ2) is 7.80. The molecule has 1 aromatic heterocycles. The lowest BCUT2D eigenvalue weighted by atomic mass is 10.0. The third-order valence-corrected chi connectivity index (χ3v) is 4.31. The van der Waals surface area contributed by atoms with Crippen LogP contribution in [0.4, 0.5) is 17.6 Å². The minimum atomic E-state index is -4.42. The number of nitrogens with one attached hydrogen (secondary N) is 1. The molecule has 0 radical (unpaired) electrons. The van der Waals surface area contributed by atoms with Crippen LogP contribution in [-0.2, 0) is 6.18 Å². The van der Waals surface area contributed by atoms with Crippen molar-refractivity contribution in [2.75, 3.05) is 0 Å². The van der Waals surface area contributed by atoms with Gasteiger partial charge in [-0.25, -0.2) is 4.39 Å². The quantitative estimate of drug-likeness (QED) is 0.609. The Kier molecular flexibility index (Phi) is 5.44. The maximum Gasteiger partial charge on any atom is 0.416 e. The number of carbonyl (C=O) groups is 1. The van der Waals surface area contributed by atoms with Crippen molar-refractivity contribution in [3.8, 4) is 11.1 Å². The number of carbonyl (C=O) groups excluding carboxylic acids is 1. The molecular formula is C21H16F4N2O. The molecule has 0 bridgehead atoms. The normalized spacial score (nSPS) is 12.5. The number of benzene rings is 2. The number of pyridine rings is 1. The van der Waals surface area contributed by atoms with Gasteiger partial charge in [0.2, 0.25) is 0 Å². The van der Waals surface area contributed by atoms with E-state index in [1.54, 1.807) is 31.5 Å². The van der Waals surface area contributed by atoms with Gasteiger partial charge in [-0.2, -0.15) is 13.2 Å². The number of hydrogen-bond donors (Lipinski definition) is 1. The van der Waals surface area contributed by atoms with Gasteiger partial charge in [-0.05, 0) is 54.4 Å². The summed E-state index contributed by atoms with van der Waals surface area (Å²) in [5.74, 6) is -1.08. The Morgan fingerprint density at radius 1 is 1.00 bits per heavy atom. The SMILES string of the molecule is C[C@H](NC(=O)c1ccc(-c2ccncc2)c(F)c1)c1ccc(C(F)(F)F)cc1. The van der Waals surface area contributed by atoms with Gasteiger partial charge in [0.1, 0.15) is 5.82 Å². The number of hydrogen-bond acceptors (Lipinski definition) is 2. The first-order valence-corrected chi connectivity index (χ1v) is 8.43. The number of rotatable bonds is 4. The average Bonchev–Trinajstić information content (AvgIpc) is 2.68. The highest BCUT2D eigenvalue weighted by Gasteiger charge is 2.30. The zero-order valence-electron chi connectivity index (χ0n) is 14.8. The fourth-order valence-corrected chi connectivity index (χ4v) is 2.75. The molecule has 144 valence electrons. The molecule has 0 spiro atoms. The smallest absolute Gasteiger partial charge is 0.346 e. The molecule has 1 amide bonds. The van der Waals surface area contributed by atoms with E-state index in [0.29, 0.717) is 16.7 Å². The predicted octanol–water partition coefficient (Wildman–Crippen LogP) is 5.40. The van der Waals surface area contributed by atoms with E-state index in [1.165, 1.54) is 24.3 Å². The van der Waals surface area contributed by atoms with Crippen molar-refractivity contribution in [3.05, 3.63) is 89.5 Å². The van der Waals surface area contributed by atoms with E-state index < -0.39 is 29.5 Å². The Morgan fingerprint density at radius 3 is 2.21 bits per heavy atom. The molecule has 0 aliphatic rings. The van der Waals surface area contributed by atoms with Crippen LogP contribution in [0.3, 0.4) is 0 Å². The summed E-state index contributed by atoms with van der Waals surface area (Å²) in [4.78, 5) is 16.3. The molecule has 0 aliphatic carbocycles. The van der Waals surface area contributed by atoms with E-state index in [-0.39, 0.29) is 5.56 Å². The molecule has 2 aromatic carbocycles. The first kappa shape index (κ1) is 19.5. The number of halogens is 4. The number of alkyl halides is 3. The van der Waals surface area contributed by atoms with Gasteiger partial charge < -0.3 is 5.32 Å². The van der Waals surface area contributed by atoms with E-state index in [2.05, 4.69) is 10.3 Å². The van der Waals surface area contributed by atoms with Gasteiger partial charge in [-0.1, -0.05) is 18.2 Å². The second-order valence-corrected chi connectivity index (χ2v) is 6.25. The molecule has 1 atom stereocenters. The van der Waals surface area contributed by atoms with Gasteiger partial charge in [-0.15, -0.1) is 0 Å². The minimum absolute atomic E-state index is 0.120. The fraction of sp³-hybridized carbons (Fsp3) is 0.143. The Balaban J connectivity index is 1.73. The zero-order valence-corrected chi connectivity index (χ0v) is 14.8. The number of amides is 1. The highest BCUT2D eigenvalue weighted by molar-refractivity contribution is 5.95. The molecule has 7 heteroatoms. The highest BCUT2D eigenvalue weighted by Crippen LogP contribution is 2.30. The minimum Gasteiger partial charge on any atom is -0.346 e. The molecule has 1 N–H and O–H groups in total. The Morgan fingerprint density at radius 2 is 1.64 bits per heavy atom. The molecule has 3 nitrogen and oxygen atoms in total. The van der Waals surface area contributed by atoms with E-state index >= 15 is 0 Å². The highest BCUT2D eigenvalue weighted by atomic mass is 19.4. The summed E-state index contributed by atoms with van der Waals surface area (Å²) in [5, 5.41) is 2.66. The van der Waals surface area contributed by atoms with Crippen LogP contribution in [-0.4, -0.2) is 10.9 Å². The summed E-state index contributed by atoms with van der Waals surface area (Å²) in [6.45, 7) is 1.64. The fourth-order valence-electron chi connectivity index (χ4n) is 2.75. The van der Waals surface area contributed by atoms with Crippen LogP contribution in [0.5, 0.6) is 0 Å². The number of nitrogens with zero attached hydrogens (tertiary/aromatic N) is 1. The first-order valence-electron chi connectivity index (χ1n) is 8.43. The third-order valence-electron chi connectivity index (χ3n) is 4.31. The van der Waals surface area contributed by atoms with Gasteiger partial charge >= 0.3 is 6.18 Å². The molecule has 0 saturated heterocycles. The average molecular weight is 388 g/mol. The van der Waals surface area contributed by atoms with Gasteiger partial charge in [0.25, 0.3) is 5.91 Å². The van der Waals surface area contributed by atoms with E-state index in [0.717, 1.165) is 18.2 Å². The third kappa shape index (κ3) is 4.36. The van der Waals surface area contributed by atoms with Gasteiger partial charge in [-0.3, -0.25) is 9.78 Å². The van der Waals surface area contributed by atoms with Crippen LogP contribution in [0.25, 0.3) is 11.1 Å². The lowest BCUT2D eigenvalue weighted by molar-refractivity contribution is -0.137. The largest absolute Gasteiger partial charge is 0.416 e.